The SMILES string of the molecule is CN(C(=O)NCC1(C(=O)O)CC1)c1cccc(C#N)c1. The normalized spacial score (nSPS) is 15.0. The molecule has 2 rings (SSSR count). The Morgan fingerprint density at radius 3 is 2.75 bits per heavy atom. The van der Waals surface area contributed by atoms with Gasteiger partial charge in [0.05, 0.1) is 17.0 Å². The number of rotatable bonds is 4. The third-order valence-corrected chi connectivity index (χ3v) is 3.55. The van der Waals surface area contributed by atoms with Crippen LogP contribution in [0, 0.1) is 16.7 Å². The Bertz CT molecular complexity index is 588. The smallest absolute Gasteiger partial charge is 0.321 e. The Labute approximate surface area is 116 Å². The van der Waals surface area contributed by atoms with Crippen molar-refractivity contribution in [1.82, 2.24) is 5.32 Å². The summed E-state index contributed by atoms with van der Waals surface area (Å²) in [5.41, 5.74) is 0.262. The fraction of sp³-hybridized carbons (Fsp3) is 0.357. The molecule has 104 valence electrons. The number of aliphatic carboxylic acids is 1. The summed E-state index contributed by atoms with van der Waals surface area (Å²) >= 11 is 0. The average Bonchev–Trinajstić information content (AvgIpc) is 3.25. The van der Waals surface area contributed by atoms with Crippen molar-refractivity contribution in [3.63, 3.8) is 0 Å². The van der Waals surface area contributed by atoms with Gasteiger partial charge < -0.3 is 10.4 Å². The predicted molar refractivity (Wildman–Crippen MR) is 72.3 cm³/mol. The fourth-order valence-corrected chi connectivity index (χ4v) is 1.88. The van der Waals surface area contributed by atoms with Gasteiger partial charge in [-0.3, -0.25) is 9.69 Å². The van der Waals surface area contributed by atoms with Gasteiger partial charge in [-0.15, -0.1) is 0 Å². The lowest BCUT2D eigenvalue weighted by Gasteiger charge is -2.19. The zero-order chi connectivity index (χ0) is 14.8. The zero-order valence-electron chi connectivity index (χ0n) is 11.1. The van der Waals surface area contributed by atoms with Crippen LogP contribution in [0.1, 0.15) is 18.4 Å². The molecule has 20 heavy (non-hydrogen) atoms. The number of carbonyl (C=O) groups excluding carboxylic acids is 1. The largest absolute Gasteiger partial charge is 0.481 e. The molecule has 1 aliphatic carbocycles. The van der Waals surface area contributed by atoms with E-state index < -0.39 is 11.4 Å². The van der Waals surface area contributed by atoms with Crippen molar-refractivity contribution in [1.29, 1.82) is 5.26 Å². The second kappa shape index (κ2) is 5.21. The minimum atomic E-state index is -0.869. The van der Waals surface area contributed by atoms with Crippen molar-refractivity contribution < 1.29 is 14.7 Å². The molecule has 0 saturated heterocycles. The summed E-state index contributed by atoms with van der Waals surface area (Å²) in [5.74, 6) is -0.869. The van der Waals surface area contributed by atoms with Gasteiger partial charge in [-0.2, -0.15) is 5.26 Å². The van der Waals surface area contributed by atoms with E-state index in [-0.39, 0.29) is 12.6 Å². The van der Waals surface area contributed by atoms with Gasteiger partial charge in [0.1, 0.15) is 0 Å². The molecule has 0 aliphatic heterocycles. The standard InChI is InChI=1S/C14H15N3O3/c1-17(11-4-2-3-10(7-11)8-15)13(20)16-9-14(5-6-14)12(18)19/h2-4,7H,5-6,9H2,1H3,(H,16,20)(H,18,19). The van der Waals surface area contributed by atoms with Crippen LogP contribution in [0.15, 0.2) is 24.3 Å². The number of carboxylic acids is 1. The summed E-state index contributed by atoms with van der Waals surface area (Å²) in [6.45, 7) is 0.128. The number of amides is 2. The predicted octanol–water partition coefficient (Wildman–Crippen LogP) is 1.57. The molecule has 1 saturated carbocycles. The van der Waals surface area contributed by atoms with Crippen molar-refractivity contribution in [3.8, 4) is 6.07 Å². The Morgan fingerprint density at radius 2 is 2.20 bits per heavy atom. The second-order valence-corrected chi connectivity index (χ2v) is 4.97. The number of carboxylic acid groups (broad SMARTS) is 1. The molecule has 2 amide bonds. The highest BCUT2D eigenvalue weighted by molar-refractivity contribution is 5.92. The van der Waals surface area contributed by atoms with Crippen LogP contribution < -0.4 is 10.2 Å². The second-order valence-electron chi connectivity index (χ2n) is 4.97. The first-order valence-electron chi connectivity index (χ1n) is 6.24. The van der Waals surface area contributed by atoms with Crippen LogP contribution in [0.25, 0.3) is 0 Å². The van der Waals surface area contributed by atoms with Crippen LogP contribution in [-0.2, 0) is 4.79 Å². The maximum atomic E-state index is 12.0. The van der Waals surface area contributed by atoms with Crippen LogP contribution in [0.3, 0.4) is 0 Å². The third-order valence-electron chi connectivity index (χ3n) is 3.55. The molecule has 0 heterocycles. The molecule has 6 nitrogen and oxygen atoms in total. The van der Waals surface area contributed by atoms with Gasteiger partial charge in [0.15, 0.2) is 0 Å². The number of anilines is 1. The summed E-state index contributed by atoms with van der Waals surface area (Å²) in [5, 5.41) is 20.5. The molecule has 1 fully saturated rings. The summed E-state index contributed by atoms with van der Waals surface area (Å²) in [6, 6.07) is 8.28. The molecule has 1 aromatic carbocycles. The van der Waals surface area contributed by atoms with Crippen molar-refractivity contribution in [2.75, 3.05) is 18.5 Å². The molecule has 0 aromatic heterocycles. The number of nitriles is 1. The van der Waals surface area contributed by atoms with E-state index >= 15 is 0 Å². The van der Waals surface area contributed by atoms with Gasteiger partial charge in [-0.25, -0.2) is 4.79 Å². The lowest BCUT2D eigenvalue weighted by atomic mass is 10.1. The number of nitrogens with zero attached hydrogens (tertiary/aromatic N) is 2. The van der Waals surface area contributed by atoms with Gasteiger partial charge in [0.2, 0.25) is 0 Å². The average molecular weight is 273 g/mol. The van der Waals surface area contributed by atoms with E-state index in [9.17, 15) is 9.59 Å². The number of benzene rings is 1. The topological polar surface area (TPSA) is 93.4 Å². The molecule has 1 aromatic rings. The van der Waals surface area contributed by atoms with Crippen molar-refractivity contribution in [3.05, 3.63) is 29.8 Å². The van der Waals surface area contributed by atoms with E-state index in [2.05, 4.69) is 5.32 Å². The van der Waals surface area contributed by atoms with E-state index in [0.717, 1.165) is 0 Å². The van der Waals surface area contributed by atoms with Crippen LogP contribution in [-0.4, -0.2) is 30.7 Å². The molecule has 0 radical (unpaired) electrons. The highest BCUT2D eigenvalue weighted by atomic mass is 16.4. The van der Waals surface area contributed by atoms with Crippen molar-refractivity contribution >= 4 is 17.7 Å². The summed E-state index contributed by atoms with van der Waals surface area (Å²) < 4.78 is 0. The molecule has 6 heteroatoms. The Morgan fingerprint density at radius 1 is 1.50 bits per heavy atom. The highest BCUT2D eigenvalue weighted by Crippen LogP contribution is 2.45. The van der Waals surface area contributed by atoms with Crippen LogP contribution >= 0.6 is 0 Å². The molecule has 0 spiro atoms. The minimum absolute atomic E-state index is 0.128. The monoisotopic (exact) mass is 273 g/mol. The zero-order valence-corrected chi connectivity index (χ0v) is 11.1. The van der Waals surface area contributed by atoms with Crippen molar-refractivity contribution in [2.24, 2.45) is 5.41 Å². The van der Waals surface area contributed by atoms with Crippen LogP contribution in [0.2, 0.25) is 0 Å². The maximum absolute atomic E-state index is 12.0. The lowest BCUT2D eigenvalue weighted by molar-refractivity contribution is -0.143. The summed E-state index contributed by atoms with van der Waals surface area (Å²) in [4.78, 5) is 24.4. The number of urea groups is 1. The molecular formula is C14H15N3O3. The van der Waals surface area contributed by atoms with E-state index in [0.29, 0.717) is 24.1 Å². The summed E-state index contributed by atoms with van der Waals surface area (Å²) in [6.07, 6.45) is 1.19. The van der Waals surface area contributed by atoms with Crippen LogP contribution in [0.5, 0.6) is 0 Å². The number of hydrogen-bond donors (Lipinski definition) is 2. The minimum Gasteiger partial charge on any atom is -0.481 e. The third kappa shape index (κ3) is 2.72. The molecule has 0 unspecified atom stereocenters. The summed E-state index contributed by atoms with van der Waals surface area (Å²) in [7, 11) is 1.58. The first-order chi connectivity index (χ1) is 9.48. The maximum Gasteiger partial charge on any atom is 0.321 e. The number of nitrogens with one attached hydrogen (secondary N) is 1. The quantitative estimate of drug-likeness (QED) is 0.870. The Kier molecular flexibility index (Phi) is 3.61. The molecule has 0 atom stereocenters. The van der Waals surface area contributed by atoms with Gasteiger partial charge >= 0.3 is 12.0 Å². The van der Waals surface area contributed by atoms with E-state index in [4.69, 9.17) is 10.4 Å². The molecule has 1 aliphatic rings. The van der Waals surface area contributed by atoms with Gasteiger partial charge in [0, 0.05) is 19.3 Å². The van der Waals surface area contributed by atoms with E-state index in [1.165, 1.54) is 4.90 Å². The number of carbonyl (C=O) groups is 2. The number of hydrogen-bond acceptors (Lipinski definition) is 3. The van der Waals surface area contributed by atoms with Crippen LogP contribution in [0.4, 0.5) is 10.5 Å². The van der Waals surface area contributed by atoms with Crippen molar-refractivity contribution in [2.45, 2.75) is 12.8 Å². The fourth-order valence-electron chi connectivity index (χ4n) is 1.88. The molecule has 0 bridgehead atoms. The van der Waals surface area contributed by atoms with E-state index in [1.807, 2.05) is 6.07 Å². The van der Waals surface area contributed by atoms with Gasteiger partial charge in [-0.1, -0.05) is 6.07 Å². The van der Waals surface area contributed by atoms with Gasteiger partial charge in [-0.05, 0) is 31.0 Å². The first-order valence-corrected chi connectivity index (χ1v) is 6.24. The first kappa shape index (κ1) is 13.9. The molecule has 2 N–H and O–H groups in total. The lowest BCUT2D eigenvalue weighted by Crippen LogP contribution is -2.41. The Balaban J connectivity index is 1.98. The highest BCUT2D eigenvalue weighted by Gasteiger charge is 2.50. The Hall–Kier alpha value is -2.55. The van der Waals surface area contributed by atoms with E-state index in [1.54, 1.807) is 31.3 Å². The molecular weight excluding hydrogens is 258 g/mol. The van der Waals surface area contributed by atoms with Gasteiger partial charge in [0.25, 0.3) is 0 Å².